The summed E-state index contributed by atoms with van der Waals surface area (Å²) < 4.78 is 11.3. The number of unbranched alkanes of at least 4 members (excludes halogenated alkanes) is 12. The van der Waals surface area contributed by atoms with Crippen molar-refractivity contribution in [3.8, 4) is 0 Å². The third kappa shape index (κ3) is 15.8. The number of rotatable bonds is 21. The number of hydrogen-bond donors (Lipinski definition) is 0. The second-order valence-corrected chi connectivity index (χ2v) is 20.4. The Morgan fingerprint density at radius 3 is 1.31 bits per heavy atom. The molecule has 0 aliphatic heterocycles. The van der Waals surface area contributed by atoms with E-state index in [9.17, 15) is 0 Å². The fourth-order valence-corrected chi connectivity index (χ4v) is 16.9. The summed E-state index contributed by atoms with van der Waals surface area (Å²) in [5.41, 5.74) is 0. The Morgan fingerprint density at radius 2 is 0.846 bits per heavy atom. The number of hydrogen-bond acceptors (Lipinski definition) is 1. The molecule has 0 N–H and O–H groups in total. The molecule has 0 radical (unpaired) electrons. The molecule has 0 aromatic rings. The maximum atomic E-state index is 6.84. The van der Waals surface area contributed by atoms with E-state index in [1.807, 2.05) is 0 Å². The molecule has 0 fully saturated rings. The van der Waals surface area contributed by atoms with Crippen molar-refractivity contribution in [3.63, 3.8) is 0 Å². The van der Waals surface area contributed by atoms with E-state index in [1.54, 1.807) is 0 Å². The summed E-state index contributed by atoms with van der Waals surface area (Å²) in [6.45, 7) is 10.4. The molecule has 0 amide bonds. The predicted molar refractivity (Wildman–Crippen MR) is 123 cm³/mol. The average Bonchev–Trinajstić information content (AvgIpc) is 2.65. The molecule has 158 valence electrons. The molecule has 0 aliphatic rings. The van der Waals surface area contributed by atoms with Gasteiger partial charge in [0.15, 0.2) is 0 Å². The fraction of sp³-hybridized carbons (Fsp3) is 1.00. The van der Waals surface area contributed by atoms with Crippen LogP contribution in [0.4, 0.5) is 0 Å². The van der Waals surface area contributed by atoms with E-state index in [0.717, 1.165) is 6.61 Å². The van der Waals surface area contributed by atoms with Crippen molar-refractivity contribution >= 4 is 18.8 Å². The molecule has 0 aliphatic carbocycles. The Labute approximate surface area is 171 Å². The zero-order valence-electron chi connectivity index (χ0n) is 19.1. The van der Waals surface area contributed by atoms with Crippen LogP contribution in [0.2, 0.25) is 13.3 Å². The first-order valence-electron chi connectivity index (χ1n) is 12.4. The molecule has 0 unspecified atom stereocenters. The predicted octanol–water partition coefficient (Wildman–Crippen LogP) is 9.27. The van der Waals surface area contributed by atoms with Gasteiger partial charge in [0.2, 0.25) is 0 Å². The standard InChI is InChI=1S/2C8H17.C5H11O.C3H7.Sn/c2*1-3-5-7-8-6-4-2;1-2-3-4-5-6;1-3-2;/h2*1,3-8H2,2H3;2-5H2,1H3;1,3H2,2H3;/q;;-1;;+1. The SMILES string of the molecule is CCCCCCC[CH2][Sn]([CH2]CC)([CH2]CCCCCCC)[O]CCCCC. The van der Waals surface area contributed by atoms with E-state index in [1.165, 1.54) is 116 Å². The van der Waals surface area contributed by atoms with Gasteiger partial charge in [-0.2, -0.15) is 0 Å². The topological polar surface area (TPSA) is 9.23 Å². The van der Waals surface area contributed by atoms with E-state index in [-0.39, 0.29) is 0 Å². The molecule has 0 atom stereocenters. The first-order chi connectivity index (χ1) is 12.7. The molecular weight excluding hydrogens is 423 g/mol. The summed E-state index contributed by atoms with van der Waals surface area (Å²) in [4.78, 5) is 0. The maximum absolute atomic E-state index is 6.84. The van der Waals surface area contributed by atoms with Crippen molar-refractivity contribution < 1.29 is 3.07 Å². The van der Waals surface area contributed by atoms with Crippen LogP contribution in [0.3, 0.4) is 0 Å². The van der Waals surface area contributed by atoms with Gasteiger partial charge in [0.1, 0.15) is 0 Å². The van der Waals surface area contributed by atoms with E-state index < -0.39 is 18.8 Å². The Hall–Kier alpha value is 0.759. The first kappa shape index (κ1) is 26.8. The summed E-state index contributed by atoms with van der Waals surface area (Å²) in [5, 5.41) is 0. The summed E-state index contributed by atoms with van der Waals surface area (Å²) in [5.74, 6) is 0. The fourth-order valence-electron chi connectivity index (χ4n) is 4.14. The molecule has 0 aromatic carbocycles. The first-order valence-corrected chi connectivity index (χ1v) is 19.6. The van der Waals surface area contributed by atoms with Crippen molar-refractivity contribution in [1.82, 2.24) is 0 Å². The Bertz CT molecular complexity index is 251. The molecule has 1 nitrogen and oxygen atoms in total. The van der Waals surface area contributed by atoms with Gasteiger partial charge in [-0.15, -0.1) is 0 Å². The Kier molecular flexibility index (Phi) is 21.1. The monoisotopic (exact) mass is 476 g/mol. The minimum atomic E-state index is -2.34. The third-order valence-electron chi connectivity index (χ3n) is 5.83. The van der Waals surface area contributed by atoms with Crippen molar-refractivity contribution in [3.05, 3.63) is 0 Å². The van der Waals surface area contributed by atoms with Crippen molar-refractivity contribution in [2.24, 2.45) is 0 Å². The van der Waals surface area contributed by atoms with Crippen molar-refractivity contribution in [1.29, 1.82) is 0 Å². The van der Waals surface area contributed by atoms with Crippen LogP contribution in [0, 0.1) is 0 Å². The zero-order valence-corrected chi connectivity index (χ0v) is 21.9. The van der Waals surface area contributed by atoms with Crippen LogP contribution in [0.1, 0.15) is 130 Å². The Balaban J connectivity index is 4.36. The molecule has 0 aromatic heterocycles. The summed E-state index contributed by atoms with van der Waals surface area (Å²) in [6.07, 6.45) is 22.5. The molecule has 26 heavy (non-hydrogen) atoms. The summed E-state index contributed by atoms with van der Waals surface area (Å²) >= 11 is -2.34. The van der Waals surface area contributed by atoms with E-state index in [0.29, 0.717) is 0 Å². The van der Waals surface area contributed by atoms with Crippen molar-refractivity contribution in [2.75, 3.05) is 6.61 Å². The van der Waals surface area contributed by atoms with E-state index in [4.69, 9.17) is 3.07 Å². The molecule has 0 saturated heterocycles. The van der Waals surface area contributed by atoms with Gasteiger partial charge in [-0.25, -0.2) is 0 Å². The zero-order chi connectivity index (χ0) is 19.3. The van der Waals surface area contributed by atoms with Gasteiger partial charge in [0.25, 0.3) is 0 Å². The molecule has 0 saturated carbocycles. The van der Waals surface area contributed by atoms with Crippen LogP contribution in [0.5, 0.6) is 0 Å². The van der Waals surface area contributed by atoms with E-state index >= 15 is 0 Å². The van der Waals surface area contributed by atoms with E-state index in [2.05, 4.69) is 27.7 Å². The van der Waals surface area contributed by atoms with Gasteiger partial charge in [0, 0.05) is 0 Å². The normalized spacial score (nSPS) is 12.0. The van der Waals surface area contributed by atoms with Gasteiger partial charge in [-0.3, -0.25) is 0 Å². The van der Waals surface area contributed by atoms with Gasteiger partial charge in [0.05, 0.1) is 0 Å². The van der Waals surface area contributed by atoms with Crippen LogP contribution >= 0.6 is 0 Å². The molecule has 2 heteroatoms. The minimum absolute atomic E-state index is 1.08. The molecule has 0 heterocycles. The molecule has 0 bridgehead atoms. The second-order valence-electron chi connectivity index (χ2n) is 8.52. The van der Waals surface area contributed by atoms with Crippen molar-refractivity contribution in [2.45, 2.75) is 144 Å². The van der Waals surface area contributed by atoms with Gasteiger partial charge < -0.3 is 0 Å². The van der Waals surface area contributed by atoms with Gasteiger partial charge in [-0.1, -0.05) is 0 Å². The van der Waals surface area contributed by atoms with Crippen LogP contribution in [0.25, 0.3) is 0 Å². The molecular formula is C24H52OSn. The van der Waals surface area contributed by atoms with Crippen LogP contribution in [-0.2, 0) is 3.07 Å². The summed E-state index contributed by atoms with van der Waals surface area (Å²) in [6, 6.07) is 0. The molecule has 0 rings (SSSR count). The van der Waals surface area contributed by atoms with Gasteiger partial charge in [-0.05, 0) is 0 Å². The summed E-state index contributed by atoms with van der Waals surface area (Å²) in [7, 11) is 0. The van der Waals surface area contributed by atoms with Gasteiger partial charge >= 0.3 is 172 Å². The van der Waals surface area contributed by atoms with Crippen LogP contribution < -0.4 is 0 Å². The van der Waals surface area contributed by atoms with Crippen LogP contribution in [-0.4, -0.2) is 25.4 Å². The quantitative estimate of drug-likeness (QED) is 0.119. The third-order valence-corrected chi connectivity index (χ3v) is 19.4. The average molecular weight is 475 g/mol. The molecule has 0 spiro atoms. The second kappa shape index (κ2) is 20.5. The van der Waals surface area contributed by atoms with Crippen LogP contribution in [0.15, 0.2) is 0 Å². The Morgan fingerprint density at radius 1 is 0.423 bits per heavy atom.